The number of ether oxygens (including phenoxy) is 1. The van der Waals surface area contributed by atoms with Gasteiger partial charge in [-0.3, -0.25) is 9.78 Å². The van der Waals surface area contributed by atoms with E-state index in [1.807, 2.05) is 19.1 Å². The summed E-state index contributed by atoms with van der Waals surface area (Å²) >= 11 is 7.66. The molecule has 40 heavy (non-hydrogen) atoms. The van der Waals surface area contributed by atoms with Gasteiger partial charge in [0.05, 0.1) is 27.7 Å². The third-order valence-electron chi connectivity index (χ3n) is 6.56. The first kappa shape index (κ1) is 27.1. The molecule has 4 heterocycles. The van der Waals surface area contributed by atoms with E-state index in [-0.39, 0.29) is 29.8 Å². The van der Waals surface area contributed by atoms with Crippen molar-refractivity contribution < 1.29 is 14.6 Å². The summed E-state index contributed by atoms with van der Waals surface area (Å²) in [4.78, 5) is 35.8. The van der Waals surface area contributed by atoms with E-state index in [0.29, 0.717) is 54.5 Å². The molecule has 0 saturated carbocycles. The Bertz CT molecular complexity index is 1920. The monoisotopic (exact) mass is 573 g/mol. The summed E-state index contributed by atoms with van der Waals surface area (Å²) in [5.74, 6) is -0.0740. The standard InChI is InChI=1S/C29H24ClN5O4S/c1-15-9-20(26-25(33-15)22(14-40-26)29(37)38)19-11-18(30)5-6-23(19)39-8-7-35-16(2)10-17-13-32-27(34(3)4)21(12-31)24(17)28(35)36/h5-6,9-11,13-14H,7-8H2,1-4H3,(H,37,38). The lowest BCUT2D eigenvalue weighted by Crippen LogP contribution is -2.26. The molecule has 0 spiro atoms. The SMILES string of the molecule is Cc1cc(-c2cc(Cl)ccc2OCCn2c(C)cc3cnc(N(C)C)c(C#N)c3c2=O)c2scc(C(=O)O)c2n1. The van der Waals surface area contributed by atoms with E-state index < -0.39 is 5.97 Å². The van der Waals surface area contributed by atoms with Crippen molar-refractivity contribution >= 4 is 55.7 Å². The predicted octanol–water partition coefficient (Wildman–Crippen LogP) is 5.66. The number of carbonyl (C=O) groups is 1. The van der Waals surface area contributed by atoms with Gasteiger partial charge in [0.25, 0.3) is 5.56 Å². The second kappa shape index (κ2) is 10.6. The van der Waals surface area contributed by atoms with Gasteiger partial charge < -0.3 is 19.3 Å². The number of fused-ring (bicyclic) bond motifs is 2. The van der Waals surface area contributed by atoms with Crippen LogP contribution in [0.25, 0.3) is 32.1 Å². The lowest BCUT2D eigenvalue weighted by Gasteiger charge is -2.17. The maximum Gasteiger partial charge on any atom is 0.338 e. The summed E-state index contributed by atoms with van der Waals surface area (Å²) in [6.07, 6.45) is 1.61. The Hall–Kier alpha value is -4.46. The van der Waals surface area contributed by atoms with Crippen LogP contribution < -0.4 is 15.2 Å². The number of carboxylic acid groups (broad SMARTS) is 1. The number of thiophene rings is 1. The minimum Gasteiger partial charge on any atom is -0.491 e. The number of aryl methyl sites for hydroxylation is 2. The number of anilines is 1. The number of carboxylic acids is 1. The summed E-state index contributed by atoms with van der Waals surface area (Å²) in [5.41, 5.74) is 3.33. The van der Waals surface area contributed by atoms with Gasteiger partial charge in [-0.15, -0.1) is 11.3 Å². The van der Waals surface area contributed by atoms with E-state index in [1.54, 1.807) is 60.3 Å². The first-order valence-corrected chi connectivity index (χ1v) is 13.5. The van der Waals surface area contributed by atoms with E-state index >= 15 is 0 Å². The van der Waals surface area contributed by atoms with Crippen LogP contribution in [0, 0.1) is 25.2 Å². The number of aromatic carboxylic acids is 1. The molecular weight excluding hydrogens is 550 g/mol. The second-order valence-electron chi connectivity index (χ2n) is 9.47. The number of halogens is 1. The van der Waals surface area contributed by atoms with Crippen LogP contribution in [0.3, 0.4) is 0 Å². The van der Waals surface area contributed by atoms with E-state index in [0.717, 1.165) is 5.56 Å². The summed E-state index contributed by atoms with van der Waals surface area (Å²) in [5, 5.41) is 22.4. The molecule has 0 radical (unpaired) electrons. The minimum atomic E-state index is -1.04. The molecule has 1 N–H and O–H groups in total. The zero-order chi connectivity index (χ0) is 28.7. The van der Waals surface area contributed by atoms with Crippen LogP contribution >= 0.6 is 22.9 Å². The molecule has 0 unspecified atom stereocenters. The summed E-state index contributed by atoms with van der Waals surface area (Å²) in [6, 6.07) is 11.1. The average Bonchev–Trinajstić information content (AvgIpc) is 3.34. The van der Waals surface area contributed by atoms with Crippen LogP contribution in [0.1, 0.15) is 27.3 Å². The van der Waals surface area contributed by atoms with Crippen LogP contribution in [-0.4, -0.2) is 46.3 Å². The third kappa shape index (κ3) is 4.74. The molecule has 0 amide bonds. The highest BCUT2D eigenvalue weighted by Gasteiger charge is 2.20. The molecule has 1 aromatic carbocycles. The largest absolute Gasteiger partial charge is 0.491 e. The Morgan fingerprint density at radius 3 is 2.70 bits per heavy atom. The summed E-state index contributed by atoms with van der Waals surface area (Å²) in [7, 11) is 3.55. The van der Waals surface area contributed by atoms with Crippen molar-refractivity contribution in [2.24, 2.45) is 0 Å². The van der Waals surface area contributed by atoms with Gasteiger partial charge in [-0.2, -0.15) is 5.26 Å². The van der Waals surface area contributed by atoms with Gasteiger partial charge in [-0.05, 0) is 44.2 Å². The number of aromatic nitrogens is 3. The third-order valence-corrected chi connectivity index (χ3v) is 7.80. The second-order valence-corrected chi connectivity index (χ2v) is 10.8. The Labute approximate surface area is 238 Å². The highest BCUT2D eigenvalue weighted by molar-refractivity contribution is 7.18. The lowest BCUT2D eigenvalue weighted by atomic mass is 10.0. The summed E-state index contributed by atoms with van der Waals surface area (Å²) < 4.78 is 8.50. The van der Waals surface area contributed by atoms with Crippen LogP contribution in [-0.2, 0) is 6.54 Å². The zero-order valence-corrected chi connectivity index (χ0v) is 23.7. The molecule has 202 valence electrons. The average molecular weight is 574 g/mol. The molecule has 5 aromatic rings. The quantitative estimate of drug-likeness (QED) is 0.265. The Kier molecular flexibility index (Phi) is 7.19. The van der Waals surface area contributed by atoms with E-state index in [4.69, 9.17) is 16.3 Å². The Morgan fingerprint density at radius 2 is 2.00 bits per heavy atom. The van der Waals surface area contributed by atoms with Crippen molar-refractivity contribution in [3.63, 3.8) is 0 Å². The maximum atomic E-state index is 13.6. The molecule has 0 atom stereocenters. The summed E-state index contributed by atoms with van der Waals surface area (Å²) in [6.45, 7) is 4.03. The Balaban J connectivity index is 1.52. The van der Waals surface area contributed by atoms with Gasteiger partial charge in [0.15, 0.2) is 0 Å². The van der Waals surface area contributed by atoms with Crippen molar-refractivity contribution in [1.29, 1.82) is 5.26 Å². The first-order valence-electron chi connectivity index (χ1n) is 12.3. The molecule has 9 nitrogen and oxygen atoms in total. The number of nitrogens with zero attached hydrogens (tertiary/aromatic N) is 5. The molecule has 11 heteroatoms. The molecule has 0 aliphatic carbocycles. The van der Waals surface area contributed by atoms with Crippen LogP contribution in [0.4, 0.5) is 5.82 Å². The van der Waals surface area contributed by atoms with E-state index in [9.17, 15) is 20.0 Å². The normalized spacial score (nSPS) is 11.1. The van der Waals surface area contributed by atoms with E-state index in [2.05, 4.69) is 16.0 Å². The fourth-order valence-corrected chi connectivity index (χ4v) is 5.93. The van der Waals surface area contributed by atoms with Gasteiger partial charge in [-0.25, -0.2) is 9.78 Å². The Morgan fingerprint density at radius 1 is 1.23 bits per heavy atom. The van der Waals surface area contributed by atoms with Crippen LogP contribution in [0.2, 0.25) is 5.02 Å². The highest BCUT2D eigenvalue weighted by atomic mass is 35.5. The smallest absolute Gasteiger partial charge is 0.338 e. The van der Waals surface area contributed by atoms with Crippen molar-refractivity contribution in [2.75, 3.05) is 25.6 Å². The van der Waals surface area contributed by atoms with Gasteiger partial charge in [-0.1, -0.05) is 11.6 Å². The lowest BCUT2D eigenvalue weighted by molar-refractivity contribution is 0.0699. The highest BCUT2D eigenvalue weighted by Crippen LogP contribution is 2.40. The first-order chi connectivity index (χ1) is 19.1. The van der Waals surface area contributed by atoms with Crippen molar-refractivity contribution in [1.82, 2.24) is 14.5 Å². The number of benzene rings is 1. The minimum absolute atomic E-state index is 0.143. The van der Waals surface area contributed by atoms with Crippen LogP contribution in [0.15, 0.2) is 46.7 Å². The van der Waals surface area contributed by atoms with Gasteiger partial charge in [0.2, 0.25) is 0 Å². The fraction of sp³-hybridized carbons (Fsp3) is 0.207. The maximum absolute atomic E-state index is 13.6. The molecule has 0 fully saturated rings. The van der Waals surface area contributed by atoms with Crippen molar-refractivity contribution in [2.45, 2.75) is 20.4 Å². The number of nitriles is 1. The van der Waals surface area contributed by atoms with Crippen molar-refractivity contribution in [3.8, 4) is 22.9 Å². The van der Waals surface area contributed by atoms with Crippen LogP contribution in [0.5, 0.6) is 5.75 Å². The topological polar surface area (TPSA) is 121 Å². The van der Waals surface area contributed by atoms with Gasteiger partial charge in [0, 0.05) is 58.6 Å². The molecule has 4 aromatic heterocycles. The molecular formula is C29H24ClN5O4S. The fourth-order valence-electron chi connectivity index (χ4n) is 4.75. The van der Waals surface area contributed by atoms with Crippen molar-refractivity contribution in [3.05, 3.63) is 79.8 Å². The van der Waals surface area contributed by atoms with E-state index in [1.165, 1.54) is 11.3 Å². The van der Waals surface area contributed by atoms with Gasteiger partial charge in [0.1, 0.15) is 29.8 Å². The predicted molar refractivity (Wildman–Crippen MR) is 157 cm³/mol. The number of rotatable bonds is 7. The number of pyridine rings is 3. The molecule has 0 saturated heterocycles. The molecule has 5 rings (SSSR count). The van der Waals surface area contributed by atoms with Gasteiger partial charge >= 0.3 is 5.97 Å². The zero-order valence-electron chi connectivity index (χ0n) is 22.1. The number of hydrogen-bond donors (Lipinski definition) is 1. The molecule has 0 aliphatic heterocycles. The number of hydrogen-bond acceptors (Lipinski definition) is 8. The molecule has 0 bridgehead atoms. The molecule has 0 aliphatic rings.